The van der Waals surface area contributed by atoms with Crippen LogP contribution < -0.4 is 4.74 Å². The van der Waals surface area contributed by atoms with E-state index >= 15 is 0 Å². The standard InChI is InChI=1S/C23H37NO6/c1-5-15-30-23(27)24(13-7-8-18(3)4)14-16-29-20-11-9-19(10-12-20)17-21(22(25)26)28-6-2/h9-12,18,21H,5-8,13-17H2,1-4H3,(H,25,26). The van der Waals surface area contributed by atoms with Gasteiger partial charge >= 0.3 is 12.1 Å². The number of aliphatic carboxylic acids is 1. The van der Waals surface area contributed by atoms with Crippen molar-refractivity contribution in [3.05, 3.63) is 29.8 Å². The summed E-state index contributed by atoms with van der Waals surface area (Å²) in [6.45, 7) is 10.3. The van der Waals surface area contributed by atoms with Crippen LogP contribution in [0.5, 0.6) is 5.75 Å². The van der Waals surface area contributed by atoms with Gasteiger partial charge in [0.2, 0.25) is 0 Å². The number of carbonyl (C=O) groups excluding carboxylic acids is 1. The second kappa shape index (κ2) is 14.7. The smallest absolute Gasteiger partial charge is 0.409 e. The normalized spacial score (nSPS) is 11.9. The zero-order valence-electron chi connectivity index (χ0n) is 18.8. The maximum Gasteiger partial charge on any atom is 0.409 e. The molecule has 1 rings (SSSR count). The molecule has 0 aliphatic rings. The molecule has 0 aliphatic heterocycles. The Morgan fingerprint density at radius 3 is 2.33 bits per heavy atom. The van der Waals surface area contributed by atoms with E-state index in [-0.39, 0.29) is 6.09 Å². The predicted molar refractivity (Wildman–Crippen MR) is 116 cm³/mol. The molecule has 0 bridgehead atoms. The van der Waals surface area contributed by atoms with Crippen LogP contribution >= 0.6 is 0 Å². The molecule has 1 atom stereocenters. The third-order valence-corrected chi connectivity index (χ3v) is 4.52. The van der Waals surface area contributed by atoms with Crippen LogP contribution in [0.1, 0.15) is 52.5 Å². The van der Waals surface area contributed by atoms with E-state index in [4.69, 9.17) is 14.2 Å². The van der Waals surface area contributed by atoms with Crippen LogP contribution in [-0.4, -0.2) is 61.1 Å². The molecule has 1 aromatic carbocycles. The minimum atomic E-state index is -0.968. The molecule has 0 spiro atoms. The van der Waals surface area contributed by atoms with Crippen molar-refractivity contribution in [3.8, 4) is 5.75 Å². The zero-order chi connectivity index (χ0) is 22.4. The second-order valence-electron chi connectivity index (χ2n) is 7.62. The van der Waals surface area contributed by atoms with Crippen LogP contribution in [0, 0.1) is 5.92 Å². The van der Waals surface area contributed by atoms with Gasteiger partial charge in [-0.2, -0.15) is 0 Å². The maximum atomic E-state index is 12.3. The highest BCUT2D eigenvalue weighted by Crippen LogP contribution is 2.15. The van der Waals surface area contributed by atoms with Gasteiger partial charge in [0.05, 0.1) is 13.2 Å². The number of carboxylic acid groups (broad SMARTS) is 1. The molecule has 7 heteroatoms. The lowest BCUT2D eigenvalue weighted by Gasteiger charge is -2.22. The summed E-state index contributed by atoms with van der Waals surface area (Å²) in [5.41, 5.74) is 0.863. The molecule has 30 heavy (non-hydrogen) atoms. The van der Waals surface area contributed by atoms with Gasteiger partial charge in [-0.3, -0.25) is 0 Å². The summed E-state index contributed by atoms with van der Waals surface area (Å²) in [7, 11) is 0. The number of hydrogen-bond acceptors (Lipinski definition) is 5. The number of nitrogens with zero attached hydrogens (tertiary/aromatic N) is 1. The van der Waals surface area contributed by atoms with Crippen LogP contribution in [0.25, 0.3) is 0 Å². The van der Waals surface area contributed by atoms with Crippen molar-refractivity contribution in [2.75, 3.05) is 32.9 Å². The van der Waals surface area contributed by atoms with E-state index in [1.54, 1.807) is 24.0 Å². The molecule has 0 radical (unpaired) electrons. The van der Waals surface area contributed by atoms with Crippen molar-refractivity contribution in [1.29, 1.82) is 0 Å². The van der Waals surface area contributed by atoms with Gasteiger partial charge < -0.3 is 24.2 Å². The quantitative estimate of drug-likeness (QED) is 0.450. The molecule has 7 nitrogen and oxygen atoms in total. The fraction of sp³-hybridized carbons (Fsp3) is 0.652. The zero-order valence-corrected chi connectivity index (χ0v) is 18.8. The fourth-order valence-corrected chi connectivity index (χ4v) is 2.89. The highest BCUT2D eigenvalue weighted by Gasteiger charge is 2.18. The summed E-state index contributed by atoms with van der Waals surface area (Å²) in [4.78, 5) is 25.2. The molecule has 170 valence electrons. The predicted octanol–water partition coefficient (Wildman–Crippen LogP) is 4.38. The lowest BCUT2D eigenvalue weighted by atomic mass is 10.1. The van der Waals surface area contributed by atoms with E-state index in [0.29, 0.717) is 51.0 Å². The van der Waals surface area contributed by atoms with Crippen molar-refractivity contribution in [1.82, 2.24) is 4.90 Å². The van der Waals surface area contributed by atoms with E-state index < -0.39 is 12.1 Å². The fourth-order valence-electron chi connectivity index (χ4n) is 2.89. The average molecular weight is 424 g/mol. The van der Waals surface area contributed by atoms with Crippen LogP contribution in [0.4, 0.5) is 4.79 Å². The summed E-state index contributed by atoms with van der Waals surface area (Å²) in [6, 6.07) is 7.28. The summed E-state index contributed by atoms with van der Waals surface area (Å²) < 4.78 is 16.3. The Morgan fingerprint density at radius 1 is 1.07 bits per heavy atom. The minimum Gasteiger partial charge on any atom is -0.492 e. The summed E-state index contributed by atoms with van der Waals surface area (Å²) in [6.07, 6.45) is 1.93. The molecule has 0 saturated heterocycles. The first-order valence-electron chi connectivity index (χ1n) is 10.8. The van der Waals surface area contributed by atoms with Gasteiger partial charge in [-0.05, 0) is 49.8 Å². The van der Waals surface area contributed by atoms with Gasteiger partial charge in [0.15, 0.2) is 6.10 Å². The maximum absolute atomic E-state index is 12.3. The van der Waals surface area contributed by atoms with Crippen molar-refractivity contribution in [2.24, 2.45) is 5.92 Å². The number of hydrogen-bond donors (Lipinski definition) is 1. The van der Waals surface area contributed by atoms with E-state index in [2.05, 4.69) is 13.8 Å². The highest BCUT2D eigenvalue weighted by molar-refractivity contribution is 5.72. The monoisotopic (exact) mass is 423 g/mol. The molecule has 0 aliphatic carbocycles. The molecule has 0 saturated carbocycles. The van der Waals surface area contributed by atoms with Crippen molar-refractivity contribution in [2.45, 2.75) is 59.5 Å². The second-order valence-corrected chi connectivity index (χ2v) is 7.62. The molecule has 1 unspecified atom stereocenters. The average Bonchev–Trinajstić information content (AvgIpc) is 2.71. The first-order valence-corrected chi connectivity index (χ1v) is 10.8. The number of carboxylic acids is 1. The van der Waals surface area contributed by atoms with Crippen LogP contribution in [0.15, 0.2) is 24.3 Å². The SMILES string of the molecule is CCCOC(=O)N(CCCC(C)C)CCOc1ccc(CC(OCC)C(=O)O)cc1. The van der Waals surface area contributed by atoms with Crippen molar-refractivity contribution < 1.29 is 28.9 Å². The summed E-state index contributed by atoms with van der Waals surface area (Å²) >= 11 is 0. The topological polar surface area (TPSA) is 85.3 Å². The van der Waals surface area contributed by atoms with Gasteiger partial charge in [-0.1, -0.05) is 32.9 Å². The van der Waals surface area contributed by atoms with Gasteiger partial charge in [-0.15, -0.1) is 0 Å². The Kier molecular flexibility index (Phi) is 12.6. The van der Waals surface area contributed by atoms with E-state index in [0.717, 1.165) is 24.8 Å². The van der Waals surface area contributed by atoms with Crippen LogP contribution in [-0.2, 0) is 20.7 Å². The Labute approximate surface area is 180 Å². The molecule has 0 fully saturated rings. The molecule has 1 aromatic rings. The third-order valence-electron chi connectivity index (χ3n) is 4.52. The summed E-state index contributed by atoms with van der Waals surface area (Å²) in [5, 5.41) is 9.19. The van der Waals surface area contributed by atoms with Crippen LogP contribution in [0.2, 0.25) is 0 Å². The Hall–Kier alpha value is -2.28. The van der Waals surface area contributed by atoms with Gasteiger partial charge in [-0.25, -0.2) is 9.59 Å². The Balaban J connectivity index is 2.54. The van der Waals surface area contributed by atoms with E-state index in [1.165, 1.54) is 0 Å². The molecule has 0 heterocycles. The number of benzene rings is 1. The van der Waals surface area contributed by atoms with Crippen molar-refractivity contribution in [3.63, 3.8) is 0 Å². The third kappa shape index (κ3) is 10.5. The Bertz CT molecular complexity index is 617. The first-order chi connectivity index (χ1) is 14.4. The number of rotatable bonds is 15. The van der Waals surface area contributed by atoms with Crippen molar-refractivity contribution >= 4 is 12.1 Å². The molecule has 1 amide bonds. The number of amides is 1. The Morgan fingerprint density at radius 2 is 1.77 bits per heavy atom. The minimum absolute atomic E-state index is 0.296. The van der Waals surface area contributed by atoms with E-state index in [1.807, 2.05) is 19.1 Å². The van der Waals surface area contributed by atoms with Gasteiger partial charge in [0.1, 0.15) is 12.4 Å². The number of carbonyl (C=O) groups is 2. The lowest BCUT2D eigenvalue weighted by Crippen LogP contribution is -2.36. The molecule has 1 N–H and O–H groups in total. The van der Waals surface area contributed by atoms with Gasteiger partial charge in [0.25, 0.3) is 0 Å². The highest BCUT2D eigenvalue weighted by atomic mass is 16.6. The molecule has 0 aromatic heterocycles. The summed E-state index contributed by atoms with van der Waals surface area (Å²) in [5.74, 6) is 0.299. The van der Waals surface area contributed by atoms with E-state index in [9.17, 15) is 14.7 Å². The van der Waals surface area contributed by atoms with Gasteiger partial charge in [0, 0.05) is 19.6 Å². The van der Waals surface area contributed by atoms with Crippen LogP contribution in [0.3, 0.4) is 0 Å². The molecular weight excluding hydrogens is 386 g/mol. The number of ether oxygens (including phenoxy) is 3. The largest absolute Gasteiger partial charge is 0.492 e. The molecular formula is C23H37NO6. The lowest BCUT2D eigenvalue weighted by molar-refractivity contribution is -0.149. The first kappa shape index (κ1) is 25.8.